The van der Waals surface area contributed by atoms with Crippen LogP contribution in [-0.2, 0) is 6.18 Å². The molecule has 10 heteroatoms. The predicted molar refractivity (Wildman–Crippen MR) is 95.9 cm³/mol. The van der Waals surface area contributed by atoms with Crippen LogP contribution < -0.4 is 10.1 Å². The lowest BCUT2D eigenvalue weighted by atomic mass is 9.94. The van der Waals surface area contributed by atoms with E-state index in [4.69, 9.17) is 11.6 Å². The maximum Gasteiger partial charge on any atom is 0.573 e. The van der Waals surface area contributed by atoms with Crippen molar-refractivity contribution in [3.63, 3.8) is 0 Å². The number of nitrogens with zero attached hydrogens (tertiary/aromatic N) is 1. The zero-order valence-electron chi connectivity index (χ0n) is 14.9. The molecule has 0 aromatic heterocycles. The molecule has 3 rings (SSSR count). The van der Waals surface area contributed by atoms with Gasteiger partial charge in [0.1, 0.15) is 5.75 Å². The second-order valence-electron chi connectivity index (χ2n) is 6.54. The van der Waals surface area contributed by atoms with Gasteiger partial charge in [0.2, 0.25) is 0 Å². The number of benzene rings is 2. The number of ether oxygens (including phenoxy) is 1. The number of rotatable bonds is 4. The maximum atomic E-state index is 13.2. The average Bonchev–Trinajstić information content (AvgIpc) is 2.63. The first-order valence-electron chi connectivity index (χ1n) is 8.72. The molecule has 1 aliphatic heterocycles. The van der Waals surface area contributed by atoms with E-state index in [0.29, 0.717) is 31.7 Å². The zero-order chi connectivity index (χ0) is 21.2. The van der Waals surface area contributed by atoms with Crippen LogP contribution in [0.2, 0.25) is 5.02 Å². The van der Waals surface area contributed by atoms with Crippen molar-refractivity contribution in [2.45, 2.75) is 18.6 Å². The summed E-state index contributed by atoms with van der Waals surface area (Å²) in [6, 6.07) is 7.53. The van der Waals surface area contributed by atoms with Crippen molar-refractivity contribution in [1.29, 1.82) is 0 Å². The standard InChI is InChI=1S/C19H17ClF6N2O/c20-16-6-3-13(18(21,22)23)11-15(16)17(28-9-7-27-8-10-28)12-1-4-14(5-2-12)29-19(24,25)26/h1-6,11,17,27H,7-10H2/t17-/m0/s1. The number of piperazine rings is 1. The van der Waals surface area contributed by atoms with Crippen LogP contribution in [0.15, 0.2) is 42.5 Å². The van der Waals surface area contributed by atoms with E-state index in [0.717, 1.165) is 24.3 Å². The highest BCUT2D eigenvalue weighted by atomic mass is 35.5. The van der Waals surface area contributed by atoms with Crippen LogP contribution in [0.4, 0.5) is 26.3 Å². The van der Waals surface area contributed by atoms with Gasteiger partial charge < -0.3 is 10.1 Å². The van der Waals surface area contributed by atoms with E-state index in [-0.39, 0.29) is 10.6 Å². The summed E-state index contributed by atoms with van der Waals surface area (Å²) in [5, 5.41) is 3.31. The quantitative estimate of drug-likeness (QED) is 0.660. The largest absolute Gasteiger partial charge is 0.573 e. The normalized spacial score (nSPS) is 17.2. The van der Waals surface area contributed by atoms with Gasteiger partial charge in [-0.1, -0.05) is 23.7 Å². The van der Waals surface area contributed by atoms with Crippen molar-refractivity contribution >= 4 is 11.6 Å². The highest BCUT2D eigenvalue weighted by molar-refractivity contribution is 6.31. The molecule has 1 saturated heterocycles. The first kappa shape index (κ1) is 21.7. The number of nitrogens with one attached hydrogen (secondary N) is 1. The maximum absolute atomic E-state index is 13.2. The summed E-state index contributed by atoms with van der Waals surface area (Å²) in [6.45, 7) is 2.33. The molecular formula is C19H17ClF6N2O. The SMILES string of the molecule is FC(F)(F)Oc1ccc([C@@H](c2cc(C(F)(F)F)ccc2Cl)N2CCNCC2)cc1. The van der Waals surface area contributed by atoms with Crippen LogP contribution in [0.5, 0.6) is 5.75 Å². The van der Waals surface area contributed by atoms with E-state index in [1.54, 1.807) is 0 Å². The molecule has 0 amide bonds. The summed E-state index contributed by atoms with van der Waals surface area (Å²) in [4.78, 5) is 1.94. The van der Waals surface area contributed by atoms with E-state index in [9.17, 15) is 26.3 Å². The molecule has 1 heterocycles. The van der Waals surface area contributed by atoms with Crippen LogP contribution in [0.3, 0.4) is 0 Å². The summed E-state index contributed by atoms with van der Waals surface area (Å²) in [6.07, 6.45) is -9.37. The van der Waals surface area contributed by atoms with Crippen molar-refractivity contribution < 1.29 is 31.1 Å². The van der Waals surface area contributed by atoms with Crippen molar-refractivity contribution in [1.82, 2.24) is 10.2 Å². The van der Waals surface area contributed by atoms with Gasteiger partial charge in [0.25, 0.3) is 0 Å². The van der Waals surface area contributed by atoms with Gasteiger partial charge in [0, 0.05) is 31.2 Å². The fourth-order valence-corrected chi connectivity index (χ4v) is 3.53. The minimum Gasteiger partial charge on any atom is -0.406 e. The Hall–Kier alpha value is -1.97. The lowest BCUT2D eigenvalue weighted by Crippen LogP contribution is -2.45. The molecule has 0 aliphatic carbocycles. The number of hydrogen-bond acceptors (Lipinski definition) is 3. The Kier molecular flexibility index (Phi) is 6.30. The highest BCUT2D eigenvalue weighted by Crippen LogP contribution is 2.38. The van der Waals surface area contributed by atoms with Gasteiger partial charge in [-0.2, -0.15) is 13.2 Å². The molecule has 1 N–H and O–H groups in total. The van der Waals surface area contributed by atoms with Crippen LogP contribution in [0.25, 0.3) is 0 Å². The fraction of sp³-hybridized carbons (Fsp3) is 0.368. The van der Waals surface area contributed by atoms with Gasteiger partial charge in [-0.05, 0) is 41.5 Å². The molecule has 0 saturated carbocycles. The fourth-order valence-electron chi connectivity index (χ4n) is 3.31. The molecular weight excluding hydrogens is 422 g/mol. The van der Waals surface area contributed by atoms with Gasteiger partial charge in [-0.15, -0.1) is 13.2 Å². The van der Waals surface area contributed by atoms with Crippen LogP contribution in [-0.4, -0.2) is 37.4 Å². The van der Waals surface area contributed by atoms with Gasteiger partial charge in [0.05, 0.1) is 11.6 Å². The Morgan fingerprint density at radius 1 is 0.931 bits per heavy atom. The Bertz CT molecular complexity index is 832. The molecule has 2 aromatic rings. The summed E-state index contributed by atoms with van der Waals surface area (Å²) in [5.41, 5.74) is -0.0791. The third kappa shape index (κ3) is 5.55. The van der Waals surface area contributed by atoms with Gasteiger partial charge in [-0.25, -0.2) is 0 Å². The second kappa shape index (κ2) is 8.41. The van der Waals surface area contributed by atoms with Gasteiger partial charge in [0.15, 0.2) is 0 Å². The number of hydrogen-bond donors (Lipinski definition) is 1. The molecule has 1 aliphatic rings. The molecule has 0 spiro atoms. The lowest BCUT2D eigenvalue weighted by Gasteiger charge is -2.36. The predicted octanol–water partition coefficient (Wildman–Crippen LogP) is 5.25. The van der Waals surface area contributed by atoms with Crippen LogP contribution in [0, 0.1) is 0 Å². The number of alkyl halides is 6. The minimum absolute atomic E-state index is 0.150. The summed E-state index contributed by atoms with van der Waals surface area (Å²) >= 11 is 6.25. The van der Waals surface area contributed by atoms with E-state index in [1.807, 2.05) is 4.90 Å². The minimum atomic E-state index is -4.83. The van der Waals surface area contributed by atoms with Crippen LogP contribution in [0.1, 0.15) is 22.7 Å². The Morgan fingerprint density at radius 2 is 1.55 bits per heavy atom. The summed E-state index contributed by atoms with van der Waals surface area (Å²) in [7, 11) is 0. The smallest absolute Gasteiger partial charge is 0.406 e. The molecule has 2 aromatic carbocycles. The molecule has 0 radical (unpaired) electrons. The lowest BCUT2D eigenvalue weighted by molar-refractivity contribution is -0.274. The van der Waals surface area contributed by atoms with E-state index < -0.39 is 29.9 Å². The van der Waals surface area contributed by atoms with Gasteiger partial charge in [-0.3, -0.25) is 4.90 Å². The van der Waals surface area contributed by atoms with Crippen LogP contribution >= 0.6 is 11.6 Å². The molecule has 29 heavy (non-hydrogen) atoms. The third-order valence-corrected chi connectivity index (χ3v) is 4.91. The average molecular weight is 439 g/mol. The summed E-state index contributed by atoms with van der Waals surface area (Å²) in [5.74, 6) is -0.407. The first-order chi connectivity index (χ1) is 13.5. The molecule has 0 unspecified atom stereocenters. The van der Waals surface area contributed by atoms with Crippen molar-refractivity contribution in [2.24, 2.45) is 0 Å². The Labute approximate surface area is 168 Å². The molecule has 1 atom stereocenters. The van der Waals surface area contributed by atoms with E-state index >= 15 is 0 Å². The summed E-state index contributed by atoms with van der Waals surface area (Å²) < 4.78 is 80.8. The van der Waals surface area contributed by atoms with Gasteiger partial charge >= 0.3 is 12.5 Å². The third-order valence-electron chi connectivity index (χ3n) is 4.56. The molecule has 0 bridgehead atoms. The molecule has 158 valence electrons. The highest BCUT2D eigenvalue weighted by Gasteiger charge is 2.34. The van der Waals surface area contributed by atoms with E-state index in [2.05, 4.69) is 10.1 Å². The topological polar surface area (TPSA) is 24.5 Å². The first-order valence-corrected chi connectivity index (χ1v) is 9.09. The number of halogens is 7. The Morgan fingerprint density at radius 3 is 2.10 bits per heavy atom. The second-order valence-corrected chi connectivity index (χ2v) is 6.95. The zero-order valence-corrected chi connectivity index (χ0v) is 15.7. The molecule has 1 fully saturated rings. The van der Waals surface area contributed by atoms with Crippen molar-refractivity contribution in [2.75, 3.05) is 26.2 Å². The van der Waals surface area contributed by atoms with E-state index in [1.165, 1.54) is 18.2 Å². The van der Waals surface area contributed by atoms with Crippen molar-refractivity contribution in [3.05, 3.63) is 64.2 Å². The Balaban J connectivity index is 2.02. The monoisotopic (exact) mass is 438 g/mol. The molecule has 3 nitrogen and oxygen atoms in total. The van der Waals surface area contributed by atoms with Crippen molar-refractivity contribution in [3.8, 4) is 5.75 Å².